The molecule has 0 aromatic heterocycles. The number of thiocarbonyl (C=S) groups is 1. The van der Waals surface area contributed by atoms with E-state index in [0.717, 1.165) is 0 Å². The zero-order valence-corrected chi connectivity index (χ0v) is 15.6. The summed E-state index contributed by atoms with van der Waals surface area (Å²) in [4.78, 5) is 35.2. The van der Waals surface area contributed by atoms with Crippen LogP contribution in [-0.4, -0.2) is 36.7 Å². The lowest BCUT2D eigenvalue weighted by atomic mass is 10.1. The van der Waals surface area contributed by atoms with Crippen molar-refractivity contribution in [3.63, 3.8) is 0 Å². The normalized spacial score (nSPS) is 9.85. The molecular weight excluding hydrogens is 368 g/mol. The Kier molecular flexibility index (Phi) is 7.01. The van der Waals surface area contributed by atoms with E-state index in [9.17, 15) is 14.4 Å². The number of methoxy groups -OCH3 is 1. The molecule has 2 rings (SSSR count). The standard InChI is InChI=1S/C19H18N2O5S/c1-3-26-18(24)14-8-10-15(11-9-14)20-19(27)21-16(22)12-4-6-13(7-5-12)17(23)25-2/h4-11H,3H2,1-2H3,(H2,20,21,22,27). The van der Waals surface area contributed by atoms with Crippen molar-refractivity contribution in [2.75, 3.05) is 19.0 Å². The smallest absolute Gasteiger partial charge is 0.338 e. The number of carbonyl (C=O) groups is 3. The van der Waals surface area contributed by atoms with Crippen molar-refractivity contribution in [1.82, 2.24) is 5.32 Å². The Hall–Kier alpha value is -3.26. The van der Waals surface area contributed by atoms with E-state index < -0.39 is 17.8 Å². The molecule has 140 valence electrons. The van der Waals surface area contributed by atoms with Crippen LogP contribution in [0.25, 0.3) is 0 Å². The maximum Gasteiger partial charge on any atom is 0.338 e. The molecule has 2 aromatic carbocycles. The van der Waals surface area contributed by atoms with Crippen molar-refractivity contribution in [2.45, 2.75) is 6.92 Å². The first-order valence-electron chi connectivity index (χ1n) is 8.02. The van der Waals surface area contributed by atoms with Crippen LogP contribution in [0.5, 0.6) is 0 Å². The fraction of sp³-hybridized carbons (Fsp3) is 0.158. The summed E-state index contributed by atoms with van der Waals surface area (Å²) in [6.45, 7) is 2.04. The third-order valence-electron chi connectivity index (χ3n) is 3.45. The molecule has 0 aliphatic rings. The van der Waals surface area contributed by atoms with E-state index in [4.69, 9.17) is 17.0 Å². The van der Waals surface area contributed by atoms with Crippen molar-refractivity contribution in [1.29, 1.82) is 0 Å². The largest absolute Gasteiger partial charge is 0.465 e. The SMILES string of the molecule is CCOC(=O)c1ccc(NC(=S)NC(=O)c2ccc(C(=O)OC)cc2)cc1. The minimum atomic E-state index is -0.481. The van der Waals surface area contributed by atoms with Crippen LogP contribution in [0.2, 0.25) is 0 Å². The van der Waals surface area contributed by atoms with Gasteiger partial charge in [0, 0.05) is 11.3 Å². The molecule has 8 heteroatoms. The highest BCUT2D eigenvalue weighted by Gasteiger charge is 2.11. The molecule has 0 unspecified atom stereocenters. The zero-order valence-electron chi connectivity index (χ0n) is 14.8. The van der Waals surface area contributed by atoms with Gasteiger partial charge in [0.05, 0.1) is 24.8 Å². The molecule has 27 heavy (non-hydrogen) atoms. The molecule has 0 saturated carbocycles. The van der Waals surface area contributed by atoms with E-state index in [0.29, 0.717) is 29.0 Å². The molecule has 0 radical (unpaired) electrons. The lowest BCUT2D eigenvalue weighted by molar-refractivity contribution is 0.0525. The number of amides is 1. The third kappa shape index (κ3) is 5.61. The summed E-state index contributed by atoms with van der Waals surface area (Å²) in [5.74, 6) is -1.31. The molecule has 0 spiro atoms. The number of rotatable bonds is 5. The van der Waals surface area contributed by atoms with Crippen LogP contribution in [0, 0.1) is 0 Å². The highest BCUT2D eigenvalue weighted by molar-refractivity contribution is 7.80. The first-order chi connectivity index (χ1) is 12.9. The predicted octanol–water partition coefficient (Wildman–Crippen LogP) is 2.78. The summed E-state index contributed by atoms with van der Waals surface area (Å²) in [7, 11) is 1.28. The number of hydrogen-bond donors (Lipinski definition) is 2. The van der Waals surface area contributed by atoms with Crippen molar-refractivity contribution in [3.05, 3.63) is 65.2 Å². The van der Waals surface area contributed by atoms with Gasteiger partial charge in [0.15, 0.2) is 5.11 Å². The average Bonchev–Trinajstić information content (AvgIpc) is 2.68. The van der Waals surface area contributed by atoms with E-state index in [2.05, 4.69) is 15.4 Å². The van der Waals surface area contributed by atoms with Gasteiger partial charge in [-0.05, 0) is 67.7 Å². The van der Waals surface area contributed by atoms with Crippen LogP contribution in [-0.2, 0) is 9.47 Å². The molecule has 0 fully saturated rings. The number of ether oxygens (including phenoxy) is 2. The number of benzene rings is 2. The van der Waals surface area contributed by atoms with Gasteiger partial charge in [0.25, 0.3) is 5.91 Å². The van der Waals surface area contributed by atoms with Crippen LogP contribution in [0.1, 0.15) is 38.0 Å². The van der Waals surface area contributed by atoms with Gasteiger partial charge in [0.1, 0.15) is 0 Å². The molecule has 0 heterocycles. The quantitative estimate of drug-likeness (QED) is 0.603. The summed E-state index contributed by atoms with van der Waals surface area (Å²) in [5, 5.41) is 5.49. The fourth-order valence-corrected chi connectivity index (χ4v) is 2.33. The molecule has 7 nitrogen and oxygen atoms in total. The van der Waals surface area contributed by atoms with Crippen molar-refractivity contribution in [2.24, 2.45) is 0 Å². The summed E-state index contributed by atoms with van der Waals surface area (Å²) in [6.07, 6.45) is 0. The number of anilines is 1. The Morgan fingerprint density at radius 1 is 0.889 bits per heavy atom. The first-order valence-corrected chi connectivity index (χ1v) is 8.43. The number of hydrogen-bond acceptors (Lipinski definition) is 6. The summed E-state index contributed by atoms with van der Waals surface area (Å²) < 4.78 is 9.51. The topological polar surface area (TPSA) is 93.7 Å². The molecule has 0 aliphatic heterocycles. The van der Waals surface area contributed by atoms with Crippen LogP contribution < -0.4 is 10.6 Å². The van der Waals surface area contributed by atoms with Gasteiger partial charge in [-0.2, -0.15) is 0 Å². The monoisotopic (exact) mass is 386 g/mol. The van der Waals surface area contributed by atoms with Gasteiger partial charge < -0.3 is 14.8 Å². The first kappa shape index (κ1) is 20.1. The lowest BCUT2D eigenvalue weighted by Crippen LogP contribution is -2.34. The average molecular weight is 386 g/mol. The molecule has 1 amide bonds. The molecule has 0 atom stereocenters. The van der Waals surface area contributed by atoms with Gasteiger partial charge in [-0.1, -0.05) is 0 Å². The van der Waals surface area contributed by atoms with Crippen molar-refractivity contribution in [3.8, 4) is 0 Å². The Morgan fingerprint density at radius 3 is 1.96 bits per heavy atom. The maximum atomic E-state index is 12.2. The molecule has 2 N–H and O–H groups in total. The second kappa shape index (κ2) is 9.44. The third-order valence-corrected chi connectivity index (χ3v) is 3.65. The minimum Gasteiger partial charge on any atom is -0.465 e. The molecule has 2 aromatic rings. The van der Waals surface area contributed by atoms with Crippen LogP contribution in [0.3, 0.4) is 0 Å². The second-order valence-electron chi connectivity index (χ2n) is 5.28. The molecular formula is C19H18N2O5S. The highest BCUT2D eigenvalue weighted by atomic mass is 32.1. The Balaban J connectivity index is 1.94. The number of nitrogens with one attached hydrogen (secondary N) is 2. The van der Waals surface area contributed by atoms with Gasteiger partial charge in [-0.25, -0.2) is 9.59 Å². The Labute approximate surface area is 161 Å². The highest BCUT2D eigenvalue weighted by Crippen LogP contribution is 2.11. The number of carbonyl (C=O) groups excluding carboxylic acids is 3. The van der Waals surface area contributed by atoms with Gasteiger partial charge in [0.2, 0.25) is 0 Å². The van der Waals surface area contributed by atoms with E-state index >= 15 is 0 Å². The zero-order chi connectivity index (χ0) is 19.8. The fourth-order valence-electron chi connectivity index (χ4n) is 2.12. The molecule has 0 aliphatic carbocycles. The van der Waals surface area contributed by atoms with Gasteiger partial charge >= 0.3 is 11.9 Å². The summed E-state index contributed by atoms with van der Waals surface area (Å²) in [6, 6.07) is 12.5. The summed E-state index contributed by atoms with van der Waals surface area (Å²) in [5.41, 5.74) is 1.71. The minimum absolute atomic E-state index is 0.0981. The van der Waals surface area contributed by atoms with Gasteiger partial charge in [-0.3, -0.25) is 10.1 Å². The Bertz CT molecular complexity index is 847. The van der Waals surface area contributed by atoms with E-state index in [-0.39, 0.29) is 5.11 Å². The lowest BCUT2D eigenvalue weighted by Gasteiger charge is -2.10. The van der Waals surface area contributed by atoms with E-state index in [1.165, 1.54) is 31.4 Å². The number of esters is 2. The maximum absolute atomic E-state index is 12.2. The van der Waals surface area contributed by atoms with E-state index in [1.54, 1.807) is 31.2 Å². The van der Waals surface area contributed by atoms with Crippen LogP contribution >= 0.6 is 12.2 Å². The van der Waals surface area contributed by atoms with Crippen molar-refractivity contribution < 1.29 is 23.9 Å². The van der Waals surface area contributed by atoms with Crippen molar-refractivity contribution >= 4 is 40.9 Å². The van der Waals surface area contributed by atoms with E-state index in [1.807, 2.05) is 0 Å². The second-order valence-corrected chi connectivity index (χ2v) is 5.68. The van der Waals surface area contributed by atoms with Crippen LogP contribution in [0.15, 0.2) is 48.5 Å². The Morgan fingerprint density at radius 2 is 1.41 bits per heavy atom. The molecule has 0 saturated heterocycles. The summed E-state index contributed by atoms with van der Waals surface area (Å²) >= 11 is 5.12. The van der Waals surface area contributed by atoms with Crippen LogP contribution in [0.4, 0.5) is 5.69 Å². The molecule has 0 bridgehead atoms. The van der Waals surface area contributed by atoms with Gasteiger partial charge in [-0.15, -0.1) is 0 Å². The predicted molar refractivity (Wildman–Crippen MR) is 104 cm³/mol.